The van der Waals surface area contributed by atoms with Gasteiger partial charge < -0.3 is 10.1 Å². The summed E-state index contributed by atoms with van der Waals surface area (Å²) >= 11 is 0. The fraction of sp³-hybridized carbons (Fsp3) is 0.562. The lowest BCUT2D eigenvalue weighted by Gasteiger charge is -2.34. The third-order valence-electron chi connectivity index (χ3n) is 4.18. The number of benzene rings is 1. The Hall–Kier alpha value is -1.15. The van der Waals surface area contributed by atoms with Crippen molar-refractivity contribution < 1.29 is 17.9 Å². The van der Waals surface area contributed by atoms with Crippen LogP contribution in [0, 0.1) is 5.41 Å². The van der Waals surface area contributed by atoms with Crippen LogP contribution in [-0.2, 0) is 14.8 Å². The van der Waals surface area contributed by atoms with Crippen molar-refractivity contribution in [2.24, 2.45) is 5.41 Å². The molecule has 0 bridgehead atoms. The number of ether oxygens (including phenoxy) is 1. The van der Waals surface area contributed by atoms with E-state index < -0.39 is 16.0 Å². The zero-order valence-electron chi connectivity index (χ0n) is 14.0. The van der Waals surface area contributed by atoms with Crippen LogP contribution >= 0.6 is 12.4 Å². The highest BCUT2D eigenvalue weighted by Gasteiger charge is 2.28. The van der Waals surface area contributed by atoms with E-state index in [0.29, 0.717) is 12.1 Å². The molecule has 0 aliphatic carbocycles. The minimum atomic E-state index is -3.58. The maximum atomic E-state index is 12.4. The summed E-state index contributed by atoms with van der Waals surface area (Å²) in [5.74, 6) is -0.452. The van der Waals surface area contributed by atoms with E-state index in [0.717, 1.165) is 25.9 Å². The van der Waals surface area contributed by atoms with Crippen molar-refractivity contribution in [2.75, 3.05) is 26.2 Å². The molecule has 1 fully saturated rings. The van der Waals surface area contributed by atoms with Gasteiger partial charge in [-0.05, 0) is 62.5 Å². The van der Waals surface area contributed by atoms with E-state index in [9.17, 15) is 13.2 Å². The third-order valence-corrected chi connectivity index (χ3v) is 5.59. The predicted molar refractivity (Wildman–Crippen MR) is 95.0 cm³/mol. The lowest BCUT2D eigenvalue weighted by Crippen LogP contribution is -2.42. The number of esters is 1. The summed E-state index contributed by atoms with van der Waals surface area (Å²) < 4.78 is 32.3. The highest BCUT2D eigenvalue weighted by Crippen LogP contribution is 2.27. The van der Waals surface area contributed by atoms with Gasteiger partial charge in [0.15, 0.2) is 0 Å². The number of hydrogen-bond donors (Lipinski definition) is 2. The highest BCUT2D eigenvalue weighted by molar-refractivity contribution is 7.89. The van der Waals surface area contributed by atoms with Crippen molar-refractivity contribution in [3.8, 4) is 0 Å². The molecule has 24 heavy (non-hydrogen) atoms. The number of carbonyl (C=O) groups is 1. The standard InChI is InChI=1S/C16H24N2O4S.ClH/c1-3-22-15(19)13-4-6-14(7-5-13)23(20,21)18-12-16(2)8-10-17-11-9-16;/h4-7,17-18H,3,8-12H2,1-2H3;1H. The molecule has 2 N–H and O–H groups in total. The first kappa shape index (κ1) is 20.9. The molecule has 1 saturated heterocycles. The summed E-state index contributed by atoms with van der Waals surface area (Å²) in [5, 5.41) is 3.27. The summed E-state index contributed by atoms with van der Waals surface area (Å²) in [6.07, 6.45) is 1.88. The number of sulfonamides is 1. The van der Waals surface area contributed by atoms with Crippen LogP contribution < -0.4 is 10.0 Å². The first-order chi connectivity index (χ1) is 10.9. The SMILES string of the molecule is CCOC(=O)c1ccc(S(=O)(=O)NCC2(C)CCNCC2)cc1.Cl. The van der Waals surface area contributed by atoms with Gasteiger partial charge in [-0.1, -0.05) is 6.92 Å². The third kappa shape index (κ3) is 5.44. The number of nitrogens with one attached hydrogen (secondary N) is 2. The van der Waals surface area contributed by atoms with E-state index in [1.54, 1.807) is 6.92 Å². The average Bonchev–Trinajstić information content (AvgIpc) is 2.54. The fourth-order valence-electron chi connectivity index (χ4n) is 2.54. The average molecular weight is 377 g/mol. The van der Waals surface area contributed by atoms with Crippen molar-refractivity contribution in [1.29, 1.82) is 0 Å². The molecule has 1 aliphatic rings. The number of rotatable bonds is 6. The van der Waals surface area contributed by atoms with Crippen LogP contribution in [0.3, 0.4) is 0 Å². The number of hydrogen-bond acceptors (Lipinski definition) is 5. The molecular formula is C16H25ClN2O4S. The first-order valence-electron chi connectivity index (χ1n) is 7.84. The Balaban J connectivity index is 0.00000288. The number of carbonyl (C=O) groups excluding carboxylic acids is 1. The Bertz CT molecular complexity index is 641. The molecule has 136 valence electrons. The van der Waals surface area contributed by atoms with Crippen molar-refractivity contribution in [1.82, 2.24) is 10.0 Å². The molecule has 0 unspecified atom stereocenters. The van der Waals surface area contributed by atoms with Crippen molar-refractivity contribution in [3.63, 3.8) is 0 Å². The van der Waals surface area contributed by atoms with E-state index >= 15 is 0 Å². The molecule has 0 radical (unpaired) electrons. The summed E-state index contributed by atoms with van der Waals surface area (Å²) in [6, 6.07) is 5.80. The summed E-state index contributed by atoms with van der Waals surface area (Å²) in [5.41, 5.74) is 0.319. The Morgan fingerprint density at radius 2 is 1.83 bits per heavy atom. The van der Waals surface area contributed by atoms with Crippen LogP contribution in [0.5, 0.6) is 0 Å². The Morgan fingerprint density at radius 3 is 2.38 bits per heavy atom. The van der Waals surface area contributed by atoms with Crippen molar-refractivity contribution in [2.45, 2.75) is 31.6 Å². The molecule has 1 aromatic carbocycles. The smallest absolute Gasteiger partial charge is 0.338 e. The number of halogens is 1. The van der Waals surface area contributed by atoms with Crippen LogP contribution in [0.1, 0.15) is 37.0 Å². The maximum absolute atomic E-state index is 12.4. The quantitative estimate of drug-likeness (QED) is 0.741. The molecule has 1 aliphatic heterocycles. The molecule has 0 spiro atoms. The van der Waals surface area contributed by atoms with E-state index in [1.807, 2.05) is 0 Å². The second kappa shape index (κ2) is 8.80. The monoisotopic (exact) mass is 376 g/mol. The second-order valence-electron chi connectivity index (χ2n) is 6.13. The summed E-state index contributed by atoms with van der Waals surface area (Å²) in [4.78, 5) is 11.7. The lowest BCUT2D eigenvalue weighted by molar-refractivity contribution is 0.0526. The largest absolute Gasteiger partial charge is 0.462 e. The van der Waals surface area contributed by atoms with Gasteiger partial charge in [0.25, 0.3) is 0 Å². The minimum Gasteiger partial charge on any atom is -0.462 e. The molecule has 1 heterocycles. The Morgan fingerprint density at radius 1 is 1.25 bits per heavy atom. The zero-order valence-corrected chi connectivity index (χ0v) is 15.6. The van der Waals surface area contributed by atoms with Gasteiger partial charge in [-0.25, -0.2) is 17.9 Å². The van der Waals surface area contributed by atoms with Gasteiger partial charge in [-0.3, -0.25) is 0 Å². The molecular weight excluding hydrogens is 352 g/mol. The molecule has 2 rings (SSSR count). The normalized spacial score (nSPS) is 16.9. The molecule has 1 aromatic rings. The fourth-order valence-corrected chi connectivity index (χ4v) is 3.74. The predicted octanol–water partition coefficient (Wildman–Crippen LogP) is 1.95. The van der Waals surface area contributed by atoms with Crippen LogP contribution in [-0.4, -0.2) is 40.6 Å². The van der Waals surface area contributed by atoms with Gasteiger partial charge in [-0.2, -0.15) is 0 Å². The molecule has 8 heteroatoms. The number of piperidine rings is 1. The second-order valence-corrected chi connectivity index (χ2v) is 7.90. The van der Waals surface area contributed by atoms with Gasteiger partial charge in [0.2, 0.25) is 10.0 Å². The van der Waals surface area contributed by atoms with Crippen LogP contribution in [0.4, 0.5) is 0 Å². The molecule has 0 atom stereocenters. The lowest BCUT2D eigenvalue weighted by atomic mass is 9.81. The van der Waals surface area contributed by atoms with E-state index in [1.165, 1.54) is 24.3 Å². The highest BCUT2D eigenvalue weighted by atomic mass is 35.5. The van der Waals surface area contributed by atoms with Gasteiger partial charge >= 0.3 is 5.97 Å². The first-order valence-corrected chi connectivity index (χ1v) is 9.32. The Kier molecular flexibility index (Phi) is 7.66. The van der Waals surface area contributed by atoms with Crippen LogP contribution in [0.2, 0.25) is 0 Å². The summed E-state index contributed by atoms with van der Waals surface area (Å²) in [6.45, 7) is 6.34. The van der Waals surface area contributed by atoms with Crippen LogP contribution in [0.25, 0.3) is 0 Å². The summed E-state index contributed by atoms with van der Waals surface area (Å²) in [7, 11) is -3.58. The van der Waals surface area contributed by atoms with Gasteiger partial charge in [0.05, 0.1) is 17.1 Å². The molecule has 6 nitrogen and oxygen atoms in total. The minimum absolute atomic E-state index is 0. The van der Waals surface area contributed by atoms with Crippen molar-refractivity contribution in [3.05, 3.63) is 29.8 Å². The van der Waals surface area contributed by atoms with E-state index in [-0.39, 0.29) is 29.3 Å². The van der Waals surface area contributed by atoms with Crippen LogP contribution in [0.15, 0.2) is 29.2 Å². The van der Waals surface area contributed by atoms with Crippen molar-refractivity contribution >= 4 is 28.4 Å². The van der Waals surface area contributed by atoms with E-state index in [4.69, 9.17) is 4.74 Å². The van der Waals surface area contributed by atoms with Gasteiger partial charge in [0, 0.05) is 6.54 Å². The topological polar surface area (TPSA) is 84.5 Å². The van der Waals surface area contributed by atoms with Gasteiger partial charge in [0.1, 0.15) is 0 Å². The van der Waals surface area contributed by atoms with Gasteiger partial charge in [-0.15, -0.1) is 12.4 Å². The Labute approximate surface area is 149 Å². The molecule has 0 aromatic heterocycles. The maximum Gasteiger partial charge on any atom is 0.338 e. The molecule has 0 amide bonds. The van der Waals surface area contributed by atoms with E-state index in [2.05, 4.69) is 17.0 Å². The zero-order chi connectivity index (χ0) is 16.9. The molecule has 0 saturated carbocycles.